The number of rotatable bonds is 8. The topological polar surface area (TPSA) is 54.4 Å². The number of unbranched alkanes of at least 4 members (excludes halogenated alkanes) is 2. The molecule has 0 amide bonds. The standard InChI is InChI=1S/C19H22O3/c1-14(19(21)22)7-3-2-4-10-18(20)17-12-11-15-8-5-6-9-16(15)13-17/h5-6,8-9,11-14H,2-4,7,10H2,1H3,(H,21,22). The van der Waals surface area contributed by atoms with Crippen LogP contribution in [0.15, 0.2) is 42.5 Å². The van der Waals surface area contributed by atoms with E-state index in [1.54, 1.807) is 6.92 Å². The van der Waals surface area contributed by atoms with Crippen LogP contribution in [0.25, 0.3) is 10.8 Å². The van der Waals surface area contributed by atoms with Gasteiger partial charge in [0.1, 0.15) is 0 Å². The number of carboxylic acids is 1. The second-order valence-corrected chi connectivity index (χ2v) is 5.82. The molecule has 0 aliphatic heterocycles. The van der Waals surface area contributed by atoms with Gasteiger partial charge in [-0.05, 0) is 29.7 Å². The molecule has 2 aromatic carbocycles. The van der Waals surface area contributed by atoms with E-state index in [4.69, 9.17) is 5.11 Å². The highest BCUT2D eigenvalue weighted by atomic mass is 16.4. The van der Waals surface area contributed by atoms with Crippen LogP contribution in [0.4, 0.5) is 0 Å². The quantitative estimate of drug-likeness (QED) is 0.568. The van der Waals surface area contributed by atoms with Crippen LogP contribution in [0.2, 0.25) is 0 Å². The van der Waals surface area contributed by atoms with Crippen LogP contribution in [0.5, 0.6) is 0 Å². The minimum atomic E-state index is -0.743. The number of hydrogen-bond donors (Lipinski definition) is 1. The summed E-state index contributed by atoms with van der Waals surface area (Å²) in [5, 5.41) is 11.0. The number of benzene rings is 2. The minimum Gasteiger partial charge on any atom is -0.481 e. The van der Waals surface area contributed by atoms with Crippen molar-refractivity contribution in [1.82, 2.24) is 0 Å². The molecule has 3 nitrogen and oxygen atoms in total. The predicted octanol–water partition coefficient (Wildman–Crippen LogP) is 4.69. The van der Waals surface area contributed by atoms with Gasteiger partial charge in [0.25, 0.3) is 0 Å². The Hall–Kier alpha value is -2.16. The highest BCUT2D eigenvalue weighted by Gasteiger charge is 2.10. The number of carboxylic acid groups (broad SMARTS) is 1. The molecule has 0 saturated heterocycles. The largest absolute Gasteiger partial charge is 0.481 e. The van der Waals surface area contributed by atoms with Crippen LogP contribution in [0, 0.1) is 5.92 Å². The van der Waals surface area contributed by atoms with Gasteiger partial charge < -0.3 is 5.11 Å². The number of carbonyl (C=O) groups excluding carboxylic acids is 1. The van der Waals surface area contributed by atoms with Gasteiger partial charge in [-0.3, -0.25) is 9.59 Å². The van der Waals surface area contributed by atoms with Gasteiger partial charge in [-0.1, -0.05) is 56.2 Å². The molecule has 0 bridgehead atoms. The molecule has 0 fully saturated rings. The summed E-state index contributed by atoms with van der Waals surface area (Å²) in [6, 6.07) is 13.8. The molecule has 22 heavy (non-hydrogen) atoms. The fourth-order valence-electron chi connectivity index (χ4n) is 2.54. The van der Waals surface area contributed by atoms with E-state index >= 15 is 0 Å². The highest BCUT2D eigenvalue weighted by Crippen LogP contribution is 2.18. The summed E-state index contributed by atoms with van der Waals surface area (Å²) in [7, 11) is 0. The molecular formula is C19H22O3. The first-order valence-electron chi connectivity index (χ1n) is 7.83. The molecule has 116 valence electrons. The number of ketones is 1. The summed E-state index contributed by atoms with van der Waals surface area (Å²) in [5.74, 6) is -0.875. The molecule has 0 radical (unpaired) electrons. The van der Waals surface area contributed by atoms with Crippen molar-refractivity contribution in [3.63, 3.8) is 0 Å². The van der Waals surface area contributed by atoms with E-state index in [1.165, 1.54) is 0 Å². The van der Waals surface area contributed by atoms with E-state index in [-0.39, 0.29) is 11.7 Å². The third-order valence-electron chi connectivity index (χ3n) is 4.03. The van der Waals surface area contributed by atoms with Gasteiger partial charge in [0.2, 0.25) is 0 Å². The molecule has 0 spiro atoms. The molecule has 1 unspecified atom stereocenters. The van der Waals surface area contributed by atoms with Gasteiger partial charge in [0.05, 0.1) is 5.92 Å². The molecule has 0 aliphatic rings. The Bertz CT molecular complexity index is 661. The third-order valence-corrected chi connectivity index (χ3v) is 4.03. The minimum absolute atomic E-state index is 0.164. The lowest BCUT2D eigenvalue weighted by atomic mass is 9.99. The lowest BCUT2D eigenvalue weighted by molar-refractivity contribution is -0.141. The summed E-state index contributed by atoms with van der Waals surface area (Å²) in [6.07, 6.45) is 3.78. The van der Waals surface area contributed by atoms with E-state index < -0.39 is 5.97 Å². The lowest BCUT2D eigenvalue weighted by Crippen LogP contribution is -2.08. The van der Waals surface area contributed by atoms with Crippen LogP contribution in [0.1, 0.15) is 49.4 Å². The maximum atomic E-state index is 12.2. The van der Waals surface area contributed by atoms with Crippen molar-refractivity contribution in [3.05, 3.63) is 48.0 Å². The van der Waals surface area contributed by atoms with Crippen LogP contribution < -0.4 is 0 Å². The van der Waals surface area contributed by atoms with Crippen molar-refractivity contribution in [2.45, 2.75) is 39.0 Å². The Morgan fingerprint density at radius 3 is 2.45 bits per heavy atom. The van der Waals surface area contributed by atoms with Crippen LogP contribution in [-0.2, 0) is 4.79 Å². The maximum Gasteiger partial charge on any atom is 0.306 e. The molecule has 1 N–H and O–H groups in total. The zero-order valence-corrected chi connectivity index (χ0v) is 12.9. The number of fused-ring (bicyclic) bond motifs is 1. The lowest BCUT2D eigenvalue weighted by Gasteiger charge is -2.06. The first kappa shape index (κ1) is 16.2. The second-order valence-electron chi connectivity index (χ2n) is 5.82. The van der Waals surface area contributed by atoms with Crippen molar-refractivity contribution in [3.8, 4) is 0 Å². The van der Waals surface area contributed by atoms with Crippen LogP contribution in [-0.4, -0.2) is 16.9 Å². The van der Waals surface area contributed by atoms with Gasteiger partial charge in [-0.2, -0.15) is 0 Å². The van der Waals surface area contributed by atoms with Gasteiger partial charge in [-0.15, -0.1) is 0 Å². The summed E-state index contributed by atoms with van der Waals surface area (Å²) < 4.78 is 0. The van der Waals surface area contributed by atoms with E-state index in [2.05, 4.69) is 0 Å². The van der Waals surface area contributed by atoms with Gasteiger partial charge in [0, 0.05) is 12.0 Å². The number of hydrogen-bond acceptors (Lipinski definition) is 2. The molecular weight excluding hydrogens is 276 g/mol. The Morgan fingerprint density at radius 2 is 1.73 bits per heavy atom. The monoisotopic (exact) mass is 298 g/mol. The molecule has 3 heteroatoms. The summed E-state index contributed by atoms with van der Waals surface area (Å²) in [4.78, 5) is 22.9. The maximum absolute atomic E-state index is 12.2. The fourth-order valence-corrected chi connectivity index (χ4v) is 2.54. The summed E-state index contributed by atoms with van der Waals surface area (Å²) in [6.45, 7) is 1.72. The highest BCUT2D eigenvalue weighted by molar-refractivity contribution is 5.99. The van der Waals surface area contributed by atoms with E-state index in [9.17, 15) is 9.59 Å². The smallest absolute Gasteiger partial charge is 0.306 e. The van der Waals surface area contributed by atoms with Crippen LogP contribution >= 0.6 is 0 Å². The average Bonchev–Trinajstić information content (AvgIpc) is 2.53. The molecule has 0 aliphatic carbocycles. The van der Waals surface area contributed by atoms with Crippen molar-refractivity contribution in [1.29, 1.82) is 0 Å². The Labute approximate surface area is 131 Å². The van der Waals surface area contributed by atoms with Gasteiger partial charge >= 0.3 is 5.97 Å². The van der Waals surface area contributed by atoms with E-state index in [1.807, 2.05) is 42.5 Å². The Balaban J connectivity index is 1.80. The van der Waals surface area contributed by atoms with E-state index in [0.29, 0.717) is 12.8 Å². The first-order valence-corrected chi connectivity index (χ1v) is 7.83. The Morgan fingerprint density at radius 1 is 1.00 bits per heavy atom. The van der Waals surface area contributed by atoms with E-state index in [0.717, 1.165) is 35.6 Å². The Kier molecular flexibility index (Phi) is 5.70. The summed E-state index contributed by atoms with van der Waals surface area (Å²) in [5.41, 5.74) is 0.762. The molecule has 2 rings (SSSR count). The molecule has 0 saturated carbocycles. The average molecular weight is 298 g/mol. The SMILES string of the molecule is CC(CCCCCC(=O)c1ccc2ccccc2c1)C(=O)O. The number of aliphatic carboxylic acids is 1. The van der Waals surface area contributed by atoms with Crippen LogP contribution in [0.3, 0.4) is 0 Å². The third kappa shape index (κ3) is 4.42. The summed E-state index contributed by atoms with van der Waals surface area (Å²) >= 11 is 0. The van der Waals surface area contributed by atoms with Crippen molar-refractivity contribution in [2.24, 2.45) is 5.92 Å². The zero-order chi connectivity index (χ0) is 15.9. The molecule has 2 aromatic rings. The van der Waals surface area contributed by atoms with Crippen molar-refractivity contribution in [2.75, 3.05) is 0 Å². The zero-order valence-electron chi connectivity index (χ0n) is 12.9. The van der Waals surface area contributed by atoms with Gasteiger partial charge in [-0.25, -0.2) is 0 Å². The molecule has 1 atom stereocenters. The number of Topliss-reactive ketones (excluding diaryl/α,β-unsaturated/α-hetero) is 1. The number of carbonyl (C=O) groups is 2. The normalized spacial score (nSPS) is 12.2. The molecule has 0 aromatic heterocycles. The van der Waals surface area contributed by atoms with Crippen molar-refractivity contribution < 1.29 is 14.7 Å². The first-order chi connectivity index (χ1) is 10.6. The second kappa shape index (κ2) is 7.74. The molecule has 0 heterocycles. The van der Waals surface area contributed by atoms with Gasteiger partial charge in [0.15, 0.2) is 5.78 Å². The fraction of sp³-hybridized carbons (Fsp3) is 0.368. The predicted molar refractivity (Wildman–Crippen MR) is 88.2 cm³/mol. The van der Waals surface area contributed by atoms with Crippen molar-refractivity contribution >= 4 is 22.5 Å².